The molecule has 0 saturated carbocycles. The van der Waals surface area contributed by atoms with Gasteiger partial charge in [-0.25, -0.2) is 4.79 Å². The minimum atomic E-state index is -0.376. The highest BCUT2D eigenvalue weighted by Gasteiger charge is 2.35. The summed E-state index contributed by atoms with van der Waals surface area (Å²) in [6, 6.07) is 18.4. The van der Waals surface area contributed by atoms with Crippen LogP contribution in [0.2, 0.25) is 0 Å². The zero-order valence-corrected chi connectivity index (χ0v) is 18.8. The van der Waals surface area contributed by atoms with Crippen LogP contribution in [0.4, 0.5) is 11.5 Å². The lowest BCUT2D eigenvalue weighted by atomic mass is 9.99. The molecule has 0 aliphatic carbocycles. The summed E-state index contributed by atoms with van der Waals surface area (Å²) in [7, 11) is 1.70. The number of nitrogens with zero attached hydrogens (tertiary/aromatic N) is 3. The predicted molar refractivity (Wildman–Crippen MR) is 127 cm³/mol. The smallest absolute Gasteiger partial charge is 0.332 e. The van der Waals surface area contributed by atoms with Crippen molar-refractivity contribution >= 4 is 11.5 Å². The van der Waals surface area contributed by atoms with Crippen LogP contribution in [0.1, 0.15) is 49.0 Å². The van der Waals surface area contributed by atoms with Crippen LogP contribution < -0.4 is 21.5 Å². The van der Waals surface area contributed by atoms with Crippen molar-refractivity contribution in [1.82, 2.24) is 9.13 Å². The Kier molecular flexibility index (Phi) is 6.19. The van der Waals surface area contributed by atoms with Gasteiger partial charge in [0.1, 0.15) is 17.7 Å². The van der Waals surface area contributed by atoms with Crippen LogP contribution in [-0.4, -0.2) is 20.8 Å². The van der Waals surface area contributed by atoms with Crippen molar-refractivity contribution < 1.29 is 5.11 Å². The van der Waals surface area contributed by atoms with Gasteiger partial charge in [-0.3, -0.25) is 13.9 Å². The predicted octanol–water partition coefficient (Wildman–Crippen LogP) is 3.18. The molecule has 168 valence electrons. The molecule has 0 fully saturated rings. The van der Waals surface area contributed by atoms with Crippen LogP contribution in [0, 0.1) is 0 Å². The Bertz CT molecular complexity index is 1210. The van der Waals surface area contributed by atoms with Crippen molar-refractivity contribution in [1.29, 1.82) is 0 Å². The van der Waals surface area contributed by atoms with Crippen molar-refractivity contribution in [2.45, 2.75) is 45.4 Å². The monoisotopic (exact) mass is 434 g/mol. The number of nitrogens with one attached hydrogen (secondary N) is 1. The molecule has 2 aromatic carbocycles. The normalized spacial score (nSPS) is 15.2. The zero-order valence-electron chi connectivity index (χ0n) is 18.8. The lowest BCUT2D eigenvalue weighted by molar-refractivity contribution is 0.277. The van der Waals surface area contributed by atoms with Crippen molar-refractivity contribution in [3.05, 3.63) is 92.1 Å². The molecule has 0 radical (unpaired) electrons. The Hall–Kier alpha value is -3.32. The van der Waals surface area contributed by atoms with Gasteiger partial charge in [0, 0.05) is 26.7 Å². The summed E-state index contributed by atoms with van der Waals surface area (Å²) in [4.78, 5) is 28.4. The summed E-state index contributed by atoms with van der Waals surface area (Å²) in [6.45, 7) is 4.96. The van der Waals surface area contributed by atoms with Crippen molar-refractivity contribution in [3.8, 4) is 0 Å². The highest BCUT2D eigenvalue weighted by molar-refractivity contribution is 5.73. The fourth-order valence-electron chi connectivity index (χ4n) is 4.28. The van der Waals surface area contributed by atoms with Gasteiger partial charge >= 0.3 is 5.69 Å². The first kappa shape index (κ1) is 21.9. The van der Waals surface area contributed by atoms with E-state index in [1.807, 2.05) is 36.4 Å². The van der Waals surface area contributed by atoms with Crippen molar-refractivity contribution in [2.24, 2.45) is 7.05 Å². The lowest BCUT2D eigenvalue weighted by Crippen LogP contribution is -2.40. The molecule has 1 aliphatic rings. The fraction of sp³-hybridized carbons (Fsp3) is 0.360. The molecule has 3 aromatic rings. The van der Waals surface area contributed by atoms with Crippen molar-refractivity contribution in [3.63, 3.8) is 0 Å². The summed E-state index contributed by atoms with van der Waals surface area (Å²) in [5.74, 6) is 0.963. The van der Waals surface area contributed by atoms with Crippen LogP contribution in [0.15, 0.2) is 64.2 Å². The minimum absolute atomic E-state index is 0.0785. The second kappa shape index (κ2) is 9.04. The number of benzene rings is 2. The van der Waals surface area contributed by atoms with Crippen LogP contribution in [0.25, 0.3) is 0 Å². The molecule has 2 N–H and O–H groups in total. The third-order valence-electron chi connectivity index (χ3n) is 6.01. The maximum Gasteiger partial charge on any atom is 0.332 e. The number of aromatic nitrogens is 2. The molecule has 4 rings (SSSR count). The van der Waals surface area contributed by atoms with E-state index in [0.29, 0.717) is 30.4 Å². The van der Waals surface area contributed by atoms with Gasteiger partial charge in [-0.15, -0.1) is 0 Å². The van der Waals surface area contributed by atoms with Crippen molar-refractivity contribution in [2.75, 3.05) is 16.8 Å². The first-order valence-corrected chi connectivity index (χ1v) is 11.0. The highest BCUT2D eigenvalue weighted by atomic mass is 16.3. The maximum absolute atomic E-state index is 13.3. The number of aliphatic hydroxyl groups is 1. The van der Waals surface area contributed by atoms with Crippen LogP contribution in [-0.2, 0) is 20.1 Å². The number of rotatable bonds is 7. The Morgan fingerprint density at radius 2 is 1.81 bits per heavy atom. The zero-order chi connectivity index (χ0) is 22.8. The van der Waals surface area contributed by atoms with Crippen LogP contribution in [0.3, 0.4) is 0 Å². The van der Waals surface area contributed by atoms with Gasteiger partial charge in [0.05, 0.1) is 0 Å². The summed E-state index contributed by atoms with van der Waals surface area (Å²) in [6.07, 6.45) is 0.0672. The number of aliphatic hydroxyl groups excluding tert-OH is 1. The Labute approximate surface area is 187 Å². The van der Waals surface area contributed by atoms with Gasteiger partial charge in [0.2, 0.25) is 0 Å². The lowest BCUT2D eigenvalue weighted by Gasteiger charge is -2.28. The number of anilines is 2. The van der Waals surface area contributed by atoms with E-state index in [1.165, 1.54) is 14.7 Å². The molecule has 1 unspecified atom stereocenters. The molecule has 1 atom stereocenters. The highest BCUT2D eigenvalue weighted by Crippen LogP contribution is 2.39. The average Bonchev–Trinajstić information content (AvgIpc) is 3.18. The van der Waals surface area contributed by atoms with E-state index >= 15 is 0 Å². The van der Waals surface area contributed by atoms with Crippen LogP contribution in [0.5, 0.6) is 0 Å². The number of hydrogen-bond donors (Lipinski definition) is 2. The second-order valence-corrected chi connectivity index (χ2v) is 8.56. The molecule has 1 aliphatic heterocycles. The molecule has 32 heavy (non-hydrogen) atoms. The number of hydrogen-bond acceptors (Lipinski definition) is 5. The van der Waals surface area contributed by atoms with E-state index in [4.69, 9.17) is 0 Å². The summed E-state index contributed by atoms with van der Waals surface area (Å²) in [5.41, 5.74) is 3.03. The van der Waals surface area contributed by atoms with Gasteiger partial charge in [-0.1, -0.05) is 68.4 Å². The number of fused-ring (bicyclic) bond motifs is 1. The van der Waals surface area contributed by atoms with E-state index in [9.17, 15) is 14.7 Å². The fourth-order valence-corrected chi connectivity index (χ4v) is 4.28. The van der Waals surface area contributed by atoms with Gasteiger partial charge in [-0.2, -0.15) is 0 Å². The average molecular weight is 435 g/mol. The quantitative estimate of drug-likeness (QED) is 0.597. The molecule has 0 amide bonds. The molecular formula is C25H30N4O3. The molecule has 0 bridgehead atoms. The summed E-state index contributed by atoms with van der Waals surface area (Å²) < 4.78 is 2.74. The van der Waals surface area contributed by atoms with E-state index in [1.54, 1.807) is 7.05 Å². The largest absolute Gasteiger partial charge is 0.396 e. The standard InChI is InChI=1S/C25H30N4O3/c1-17(2)19-11-7-12-20(15-19)22-26-21-23(29(22)16-18-9-5-4-6-10-18)27(3)25(32)28(24(21)31)13-8-14-30/h4-7,9-12,15,17,22,26,30H,8,13-14,16H2,1-3H3. The molecule has 2 heterocycles. The first-order chi connectivity index (χ1) is 15.4. The molecular weight excluding hydrogens is 404 g/mol. The molecule has 1 aromatic heterocycles. The Morgan fingerprint density at radius 3 is 2.50 bits per heavy atom. The molecule has 0 saturated heterocycles. The van der Waals surface area contributed by atoms with E-state index in [0.717, 1.165) is 11.1 Å². The summed E-state index contributed by atoms with van der Waals surface area (Å²) in [5, 5.41) is 12.6. The second-order valence-electron chi connectivity index (χ2n) is 8.56. The summed E-state index contributed by atoms with van der Waals surface area (Å²) >= 11 is 0. The van der Waals surface area contributed by atoms with Crippen LogP contribution >= 0.6 is 0 Å². The maximum atomic E-state index is 13.3. The topological polar surface area (TPSA) is 79.5 Å². The SMILES string of the molecule is CC(C)c1cccc(C2Nc3c(n(C)c(=O)n(CCCO)c3=O)N2Cc2ccccc2)c1. The van der Waals surface area contributed by atoms with E-state index in [2.05, 4.69) is 42.3 Å². The molecule has 7 heteroatoms. The molecule has 7 nitrogen and oxygen atoms in total. The van der Waals surface area contributed by atoms with E-state index in [-0.39, 0.29) is 30.6 Å². The Balaban J connectivity index is 1.86. The molecule has 0 spiro atoms. The first-order valence-electron chi connectivity index (χ1n) is 11.0. The van der Waals surface area contributed by atoms with Gasteiger partial charge in [-0.05, 0) is 29.0 Å². The third kappa shape index (κ3) is 3.96. The Morgan fingerprint density at radius 1 is 1.06 bits per heavy atom. The van der Waals surface area contributed by atoms with Gasteiger partial charge < -0.3 is 15.3 Å². The minimum Gasteiger partial charge on any atom is -0.396 e. The van der Waals surface area contributed by atoms with Gasteiger partial charge in [0.25, 0.3) is 5.56 Å². The van der Waals surface area contributed by atoms with Gasteiger partial charge in [0.15, 0.2) is 0 Å². The van der Waals surface area contributed by atoms with E-state index < -0.39 is 0 Å². The third-order valence-corrected chi connectivity index (χ3v) is 6.01.